The quantitative estimate of drug-likeness (QED) is 0.364. The molecule has 0 radical (unpaired) electrons. The summed E-state index contributed by atoms with van der Waals surface area (Å²) in [4.78, 5) is 26.7. The summed E-state index contributed by atoms with van der Waals surface area (Å²) in [5.41, 5.74) is 0.191. The Hall–Kier alpha value is -2.50. The molecular formula is C21H31NO5. The molecule has 0 bridgehead atoms. The Kier molecular flexibility index (Phi) is 8.85. The van der Waals surface area contributed by atoms with Gasteiger partial charge < -0.3 is 14.2 Å². The summed E-state index contributed by atoms with van der Waals surface area (Å²) in [6.07, 6.45) is 3.17. The Morgan fingerprint density at radius 2 is 1.81 bits per heavy atom. The van der Waals surface area contributed by atoms with Gasteiger partial charge in [-0.3, -0.25) is 4.90 Å². The lowest BCUT2D eigenvalue weighted by atomic mass is 10.1. The molecule has 27 heavy (non-hydrogen) atoms. The number of esters is 1. The first-order valence-electron chi connectivity index (χ1n) is 9.03. The van der Waals surface area contributed by atoms with Gasteiger partial charge in [0.1, 0.15) is 17.4 Å². The monoisotopic (exact) mass is 377 g/mol. The molecule has 1 atom stereocenters. The van der Waals surface area contributed by atoms with Gasteiger partial charge in [-0.15, -0.1) is 6.58 Å². The van der Waals surface area contributed by atoms with Crippen molar-refractivity contribution in [2.24, 2.45) is 0 Å². The summed E-state index contributed by atoms with van der Waals surface area (Å²) in [5, 5.41) is 0. The van der Waals surface area contributed by atoms with E-state index < -0.39 is 23.7 Å². The van der Waals surface area contributed by atoms with E-state index in [0.717, 1.165) is 17.7 Å². The summed E-state index contributed by atoms with van der Waals surface area (Å²) in [5.74, 6) is 0.261. The number of hydrogen-bond acceptors (Lipinski definition) is 5. The topological polar surface area (TPSA) is 65.1 Å². The van der Waals surface area contributed by atoms with Gasteiger partial charge in [0, 0.05) is 6.54 Å². The van der Waals surface area contributed by atoms with Crippen LogP contribution in [-0.4, -0.2) is 42.8 Å². The molecule has 1 aromatic carbocycles. The van der Waals surface area contributed by atoms with E-state index >= 15 is 0 Å². The van der Waals surface area contributed by atoms with Crippen LogP contribution >= 0.6 is 0 Å². The molecule has 6 heteroatoms. The predicted molar refractivity (Wildman–Crippen MR) is 105 cm³/mol. The number of benzene rings is 1. The van der Waals surface area contributed by atoms with Gasteiger partial charge in [-0.2, -0.15) is 0 Å². The van der Waals surface area contributed by atoms with Crippen molar-refractivity contribution in [2.75, 3.05) is 14.2 Å². The predicted octanol–water partition coefficient (Wildman–Crippen LogP) is 4.33. The summed E-state index contributed by atoms with van der Waals surface area (Å²) >= 11 is 0. The number of unbranched alkanes of at least 4 members (excludes halogenated alkanes) is 1. The standard InChI is InChI=1S/C21H31NO5/c1-7-8-9-10-18(19(23)26-6)22(20(24)27-21(2,3)4)15-16-11-13-17(25-5)14-12-16/h7,11-14,18H,1,8-10,15H2,2-6H3/t18-/m0/s1. The SMILES string of the molecule is C=CCCC[C@@H](C(=O)OC)N(Cc1ccc(OC)cc1)C(=O)OC(C)(C)C. The zero-order chi connectivity index (χ0) is 20.4. The van der Waals surface area contributed by atoms with Crippen LogP contribution in [0.2, 0.25) is 0 Å². The fraction of sp³-hybridized carbons (Fsp3) is 0.524. The van der Waals surface area contributed by atoms with Gasteiger partial charge in [0.05, 0.1) is 14.2 Å². The summed E-state index contributed by atoms with van der Waals surface area (Å²) < 4.78 is 15.6. The van der Waals surface area contributed by atoms with Crippen molar-refractivity contribution in [1.82, 2.24) is 4.90 Å². The zero-order valence-corrected chi connectivity index (χ0v) is 17.0. The number of carbonyl (C=O) groups is 2. The summed E-state index contributed by atoms with van der Waals surface area (Å²) in [6.45, 7) is 9.31. The van der Waals surface area contributed by atoms with Crippen molar-refractivity contribution in [3.63, 3.8) is 0 Å². The average molecular weight is 377 g/mol. The van der Waals surface area contributed by atoms with Gasteiger partial charge in [0.15, 0.2) is 0 Å². The highest BCUT2D eigenvalue weighted by atomic mass is 16.6. The number of hydrogen-bond donors (Lipinski definition) is 0. The van der Waals surface area contributed by atoms with Gasteiger partial charge in [0.25, 0.3) is 0 Å². The molecule has 1 aromatic rings. The van der Waals surface area contributed by atoms with Crippen LogP contribution in [0.25, 0.3) is 0 Å². The van der Waals surface area contributed by atoms with Crippen LogP contribution in [0.3, 0.4) is 0 Å². The van der Waals surface area contributed by atoms with Crippen molar-refractivity contribution < 1.29 is 23.8 Å². The Labute approximate surface area is 162 Å². The molecule has 0 saturated carbocycles. The highest BCUT2D eigenvalue weighted by Crippen LogP contribution is 2.21. The van der Waals surface area contributed by atoms with Gasteiger partial charge in [-0.05, 0) is 57.7 Å². The molecule has 6 nitrogen and oxygen atoms in total. The zero-order valence-electron chi connectivity index (χ0n) is 17.0. The van der Waals surface area contributed by atoms with E-state index in [9.17, 15) is 9.59 Å². The molecule has 0 aromatic heterocycles. The molecule has 150 valence electrons. The molecule has 0 heterocycles. The largest absolute Gasteiger partial charge is 0.497 e. The number of allylic oxidation sites excluding steroid dienone is 1. The first-order chi connectivity index (χ1) is 12.7. The second-order valence-corrected chi connectivity index (χ2v) is 7.21. The maximum Gasteiger partial charge on any atom is 0.411 e. The van der Waals surface area contributed by atoms with Gasteiger partial charge in [-0.1, -0.05) is 18.2 Å². The second-order valence-electron chi connectivity index (χ2n) is 7.21. The molecule has 1 amide bonds. The highest BCUT2D eigenvalue weighted by molar-refractivity contribution is 5.81. The normalized spacial score (nSPS) is 12.0. The highest BCUT2D eigenvalue weighted by Gasteiger charge is 2.33. The van der Waals surface area contributed by atoms with Crippen LogP contribution < -0.4 is 4.74 Å². The fourth-order valence-corrected chi connectivity index (χ4v) is 2.54. The van der Waals surface area contributed by atoms with Crippen LogP contribution in [0.15, 0.2) is 36.9 Å². The van der Waals surface area contributed by atoms with E-state index in [1.165, 1.54) is 12.0 Å². The molecule has 0 unspecified atom stereocenters. The van der Waals surface area contributed by atoms with Crippen molar-refractivity contribution >= 4 is 12.1 Å². The lowest BCUT2D eigenvalue weighted by molar-refractivity contribution is -0.147. The molecule has 0 aliphatic heterocycles. The molecule has 0 saturated heterocycles. The third-order valence-corrected chi connectivity index (χ3v) is 3.88. The van der Waals surface area contributed by atoms with Crippen molar-refractivity contribution in [3.8, 4) is 5.75 Å². The third kappa shape index (κ3) is 7.72. The lowest BCUT2D eigenvalue weighted by Gasteiger charge is -2.32. The van der Waals surface area contributed by atoms with Gasteiger partial charge in [-0.25, -0.2) is 9.59 Å². The van der Waals surface area contributed by atoms with Crippen molar-refractivity contribution in [1.29, 1.82) is 0 Å². The molecular weight excluding hydrogens is 346 g/mol. The second kappa shape index (κ2) is 10.6. The van der Waals surface area contributed by atoms with E-state index in [4.69, 9.17) is 14.2 Å². The Morgan fingerprint density at radius 1 is 1.19 bits per heavy atom. The summed E-state index contributed by atoms with van der Waals surface area (Å²) in [7, 11) is 2.92. The number of nitrogens with zero attached hydrogens (tertiary/aromatic N) is 1. The molecule has 0 spiro atoms. The maximum atomic E-state index is 12.8. The minimum absolute atomic E-state index is 0.229. The first-order valence-corrected chi connectivity index (χ1v) is 9.03. The number of methoxy groups -OCH3 is 2. The minimum atomic E-state index is -0.730. The molecule has 0 aliphatic rings. The number of rotatable bonds is 9. The van der Waals surface area contributed by atoms with Crippen molar-refractivity contribution in [2.45, 2.75) is 58.2 Å². The van der Waals surface area contributed by atoms with Crippen LogP contribution in [0.4, 0.5) is 4.79 Å². The van der Waals surface area contributed by atoms with E-state index in [-0.39, 0.29) is 6.54 Å². The lowest BCUT2D eigenvalue weighted by Crippen LogP contribution is -2.47. The Bertz CT molecular complexity index is 618. The molecule has 0 N–H and O–H groups in total. The summed E-state index contributed by atoms with van der Waals surface area (Å²) in [6, 6.07) is 6.61. The number of ether oxygens (including phenoxy) is 3. The van der Waals surface area contributed by atoms with E-state index in [2.05, 4.69) is 6.58 Å². The Morgan fingerprint density at radius 3 is 2.30 bits per heavy atom. The minimum Gasteiger partial charge on any atom is -0.497 e. The molecule has 0 fully saturated rings. The third-order valence-electron chi connectivity index (χ3n) is 3.88. The van der Waals surface area contributed by atoms with Crippen LogP contribution in [0, 0.1) is 0 Å². The van der Waals surface area contributed by atoms with E-state index in [1.807, 2.05) is 24.3 Å². The number of carbonyl (C=O) groups excluding carboxylic acids is 2. The van der Waals surface area contributed by atoms with Crippen LogP contribution in [0.5, 0.6) is 5.75 Å². The first kappa shape index (κ1) is 22.5. The average Bonchev–Trinajstić information content (AvgIpc) is 2.62. The van der Waals surface area contributed by atoms with E-state index in [0.29, 0.717) is 12.8 Å². The van der Waals surface area contributed by atoms with E-state index in [1.54, 1.807) is 34.0 Å². The van der Waals surface area contributed by atoms with Crippen LogP contribution in [-0.2, 0) is 20.8 Å². The van der Waals surface area contributed by atoms with Crippen LogP contribution in [0.1, 0.15) is 45.6 Å². The fourth-order valence-electron chi connectivity index (χ4n) is 2.54. The maximum absolute atomic E-state index is 12.8. The molecule has 1 rings (SSSR count). The number of amides is 1. The smallest absolute Gasteiger partial charge is 0.411 e. The van der Waals surface area contributed by atoms with Gasteiger partial charge >= 0.3 is 12.1 Å². The Balaban J connectivity index is 3.12. The van der Waals surface area contributed by atoms with Gasteiger partial charge in [0.2, 0.25) is 0 Å². The van der Waals surface area contributed by atoms with Crippen molar-refractivity contribution in [3.05, 3.63) is 42.5 Å². The molecule has 0 aliphatic carbocycles.